The van der Waals surface area contributed by atoms with Crippen LogP contribution in [0.1, 0.15) is 27.6 Å². The molecule has 0 saturated heterocycles. The maximum absolute atomic E-state index is 14.2. The molecule has 5 heteroatoms. The van der Waals surface area contributed by atoms with E-state index in [4.69, 9.17) is 16.3 Å². The molecule has 1 atom stereocenters. The first-order valence-electron chi connectivity index (χ1n) is 6.29. The van der Waals surface area contributed by atoms with Crippen LogP contribution < -0.4 is 4.74 Å². The summed E-state index contributed by atoms with van der Waals surface area (Å²) in [5, 5.41) is -0.621. The van der Waals surface area contributed by atoms with Crippen molar-refractivity contribution in [1.82, 2.24) is 0 Å². The van der Waals surface area contributed by atoms with Gasteiger partial charge in [0.1, 0.15) is 11.6 Å². The van der Waals surface area contributed by atoms with E-state index >= 15 is 0 Å². The lowest BCUT2D eigenvalue weighted by Crippen LogP contribution is -2.04. The van der Waals surface area contributed by atoms with Gasteiger partial charge in [-0.2, -0.15) is 0 Å². The molecule has 1 nitrogen and oxygen atoms in total. The maximum Gasteiger partial charge on any atom is 0.129 e. The molecule has 0 aliphatic rings. The Balaban J connectivity index is 2.65. The Labute approximate surface area is 145 Å². The third-order valence-electron chi connectivity index (χ3n) is 3.40. The highest BCUT2D eigenvalue weighted by Crippen LogP contribution is 2.42. The van der Waals surface area contributed by atoms with Crippen molar-refractivity contribution in [3.8, 4) is 5.75 Å². The van der Waals surface area contributed by atoms with Crippen LogP contribution in [0.2, 0.25) is 0 Å². The first-order valence-corrected chi connectivity index (χ1v) is 8.31. The Morgan fingerprint density at radius 3 is 2.43 bits per heavy atom. The fraction of sp³-hybridized carbons (Fsp3) is 0.250. The normalized spacial score (nSPS) is 12.3. The molecule has 0 N–H and O–H groups in total. The van der Waals surface area contributed by atoms with Crippen molar-refractivity contribution in [2.24, 2.45) is 0 Å². The lowest BCUT2D eigenvalue weighted by Gasteiger charge is -2.20. The van der Waals surface area contributed by atoms with Crippen molar-refractivity contribution >= 4 is 43.5 Å². The fourth-order valence-corrected chi connectivity index (χ4v) is 3.64. The number of benzene rings is 2. The van der Waals surface area contributed by atoms with Crippen LogP contribution in [0.25, 0.3) is 0 Å². The summed E-state index contributed by atoms with van der Waals surface area (Å²) in [6.45, 7) is 3.88. The largest absolute Gasteiger partial charge is 0.496 e. The molecule has 0 fully saturated rings. The molecule has 0 radical (unpaired) electrons. The Kier molecular flexibility index (Phi) is 5.33. The number of alkyl halides is 1. The van der Waals surface area contributed by atoms with E-state index < -0.39 is 5.38 Å². The second-order valence-electron chi connectivity index (χ2n) is 4.78. The first-order chi connectivity index (χ1) is 9.86. The number of halogens is 4. The topological polar surface area (TPSA) is 9.23 Å². The quantitative estimate of drug-likeness (QED) is 0.513. The summed E-state index contributed by atoms with van der Waals surface area (Å²) in [7, 11) is 1.60. The standard InChI is InChI=1S/C16H14Br2ClFO/c1-8-6-12(18)9(2)14(16(8)21-3)15(19)11-5-4-10(17)7-13(11)20/h4-7,15H,1-3H3. The van der Waals surface area contributed by atoms with E-state index in [9.17, 15) is 4.39 Å². The van der Waals surface area contributed by atoms with Gasteiger partial charge in [-0.3, -0.25) is 0 Å². The summed E-state index contributed by atoms with van der Waals surface area (Å²) in [6, 6.07) is 6.85. The molecule has 2 aromatic rings. The van der Waals surface area contributed by atoms with Crippen molar-refractivity contribution in [3.05, 3.63) is 61.3 Å². The average Bonchev–Trinajstić information content (AvgIpc) is 2.41. The van der Waals surface area contributed by atoms with Gasteiger partial charge in [-0.05, 0) is 43.2 Å². The zero-order chi connectivity index (χ0) is 15.7. The van der Waals surface area contributed by atoms with Crippen molar-refractivity contribution in [1.29, 1.82) is 0 Å². The van der Waals surface area contributed by atoms with Crippen LogP contribution in [-0.4, -0.2) is 7.11 Å². The van der Waals surface area contributed by atoms with Gasteiger partial charge in [-0.25, -0.2) is 4.39 Å². The summed E-state index contributed by atoms with van der Waals surface area (Å²) in [5.41, 5.74) is 3.11. The molecule has 0 amide bonds. The van der Waals surface area contributed by atoms with E-state index in [0.29, 0.717) is 15.8 Å². The van der Waals surface area contributed by atoms with Gasteiger partial charge in [-0.1, -0.05) is 37.9 Å². The van der Waals surface area contributed by atoms with Crippen LogP contribution in [0.5, 0.6) is 5.75 Å². The predicted octanol–water partition coefficient (Wildman–Crippen LogP) is 6.30. The zero-order valence-electron chi connectivity index (χ0n) is 11.8. The Bertz CT molecular complexity index is 688. The minimum Gasteiger partial charge on any atom is -0.496 e. The number of ether oxygens (including phenoxy) is 1. The van der Waals surface area contributed by atoms with E-state index in [1.165, 1.54) is 6.07 Å². The summed E-state index contributed by atoms with van der Waals surface area (Å²) in [6.07, 6.45) is 0. The van der Waals surface area contributed by atoms with Gasteiger partial charge in [-0.15, -0.1) is 11.6 Å². The van der Waals surface area contributed by atoms with Crippen LogP contribution in [0.3, 0.4) is 0 Å². The average molecular weight is 437 g/mol. The lowest BCUT2D eigenvalue weighted by atomic mass is 9.96. The molecule has 112 valence electrons. The highest BCUT2D eigenvalue weighted by Gasteiger charge is 2.24. The van der Waals surface area contributed by atoms with Gasteiger partial charge in [0.2, 0.25) is 0 Å². The number of rotatable bonds is 3. The molecule has 0 spiro atoms. The number of methoxy groups -OCH3 is 1. The number of hydrogen-bond acceptors (Lipinski definition) is 1. The first kappa shape index (κ1) is 16.8. The molecule has 2 aromatic carbocycles. The van der Waals surface area contributed by atoms with Crippen LogP contribution in [0, 0.1) is 19.7 Å². The fourth-order valence-electron chi connectivity index (χ4n) is 2.31. The SMILES string of the molecule is COc1c(C)cc(Br)c(C)c1C(Cl)c1ccc(Br)cc1F. The molecule has 0 aliphatic heterocycles. The van der Waals surface area contributed by atoms with E-state index in [2.05, 4.69) is 31.9 Å². The Morgan fingerprint density at radius 2 is 1.86 bits per heavy atom. The highest BCUT2D eigenvalue weighted by molar-refractivity contribution is 9.10. The van der Waals surface area contributed by atoms with Crippen LogP contribution in [0.4, 0.5) is 4.39 Å². The minimum atomic E-state index is -0.621. The van der Waals surface area contributed by atoms with Gasteiger partial charge < -0.3 is 4.74 Å². The summed E-state index contributed by atoms with van der Waals surface area (Å²) < 4.78 is 21.3. The van der Waals surface area contributed by atoms with Gasteiger partial charge in [0.15, 0.2) is 0 Å². The van der Waals surface area contributed by atoms with Crippen molar-refractivity contribution in [2.75, 3.05) is 7.11 Å². The molecular formula is C16H14Br2ClFO. The van der Waals surface area contributed by atoms with Crippen molar-refractivity contribution in [3.63, 3.8) is 0 Å². The molecule has 0 heterocycles. The van der Waals surface area contributed by atoms with Gasteiger partial charge in [0.25, 0.3) is 0 Å². The second kappa shape index (κ2) is 6.67. The van der Waals surface area contributed by atoms with Crippen LogP contribution >= 0.6 is 43.5 Å². The summed E-state index contributed by atoms with van der Waals surface area (Å²) in [5.74, 6) is 0.349. The van der Waals surface area contributed by atoms with E-state index in [0.717, 1.165) is 21.2 Å². The minimum absolute atomic E-state index is 0.344. The number of hydrogen-bond donors (Lipinski definition) is 0. The molecule has 0 bridgehead atoms. The molecule has 0 saturated carbocycles. The predicted molar refractivity (Wildman–Crippen MR) is 92.0 cm³/mol. The van der Waals surface area contributed by atoms with Gasteiger partial charge in [0.05, 0.1) is 12.5 Å². The third kappa shape index (κ3) is 3.27. The van der Waals surface area contributed by atoms with Gasteiger partial charge in [0, 0.05) is 20.1 Å². The van der Waals surface area contributed by atoms with Crippen molar-refractivity contribution in [2.45, 2.75) is 19.2 Å². The van der Waals surface area contributed by atoms with Gasteiger partial charge >= 0.3 is 0 Å². The highest BCUT2D eigenvalue weighted by atomic mass is 79.9. The monoisotopic (exact) mass is 434 g/mol. The third-order valence-corrected chi connectivity index (χ3v) is 5.17. The van der Waals surface area contributed by atoms with Crippen molar-refractivity contribution < 1.29 is 9.13 Å². The lowest BCUT2D eigenvalue weighted by molar-refractivity contribution is 0.406. The van der Waals surface area contributed by atoms with Crippen LogP contribution in [-0.2, 0) is 0 Å². The molecule has 21 heavy (non-hydrogen) atoms. The zero-order valence-corrected chi connectivity index (χ0v) is 15.7. The summed E-state index contributed by atoms with van der Waals surface area (Å²) in [4.78, 5) is 0. The maximum atomic E-state index is 14.2. The van der Waals surface area contributed by atoms with E-state index in [1.807, 2.05) is 19.9 Å². The second-order valence-corrected chi connectivity index (χ2v) is 6.98. The molecule has 0 aromatic heterocycles. The molecule has 2 rings (SSSR count). The molecule has 1 unspecified atom stereocenters. The number of aryl methyl sites for hydroxylation is 1. The summed E-state index contributed by atoms with van der Waals surface area (Å²) >= 11 is 13.3. The smallest absolute Gasteiger partial charge is 0.129 e. The molecular weight excluding hydrogens is 422 g/mol. The Morgan fingerprint density at radius 1 is 1.19 bits per heavy atom. The Hall–Kier alpha value is -0.580. The molecule has 0 aliphatic carbocycles. The van der Waals surface area contributed by atoms with E-state index in [-0.39, 0.29) is 5.82 Å². The van der Waals surface area contributed by atoms with Crippen LogP contribution in [0.15, 0.2) is 33.2 Å². The van der Waals surface area contributed by atoms with E-state index in [1.54, 1.807) is 19.2 Å².